The van der Waals surface area contributed by atoms with Crippen LogP contribution in [0.4, 0.5) is 20.6 Å². The number of allylic oxidation sites excluding steroid dienone is 1. The number of hydrogen-bond acceptors (Lipinski definition) is 5. The van der Waals surface area contributed by atoms with Gasteiger partial charge >= 0.3 is 6.09 Å². The van der Waals surface area contributed by atoms with Gasteiger partial charge in [0.15, 0.2) is 0 Å². The third kappa shape index (κ3) is 4.60. The molecule has 0 bridgehead atoms. The quantitative estimate of drug-likeness (QED) is 0.787. The smallest absolute Gasteiger partial charge is 0.414 e. The molecule has 0 aliphatic carbocycles. The number of piperidine rings is 1. The summed E-state index contributed by atoms with van der Waals surface area (Å²) in [5.41, 5.74) is 2.17. The molecule has 7 nitrogen and oxygen atoms in total. The zero-order valence-electron chi connectivity index (χ0n) is 15.8. The number of ether oxygens (including phenoxy) is 1. The fourth-order valence-electron chi connectivity index (χ4n) is 3.45. The molecule has 2 fully saturated rings. The Hall–Kier alpha value is -3.08. The minimum atomic E-state index is -0.548. The van der Waals surface area contributed by atoms with Crippen molar-refractivity contribution in [3.63, 3.8) is 0 Å². The molecule has 28 heavy (non-hydrogen) atoms. The van der Waals surface area contributed by atoms with Crippen molar-refractivity contribution in [1.82, 2.24) is 5.32 Å². The first-order valence-corrected chi connectivity index (χ1v) is 9.30. The molecule has 1 aromatic rings. The van der Waals surface area contributed by atoms with Gasteiger partial charge in [0, 0.05) is 20.0 Å². The second-order valence-electron chi connectivity index (χ2n) is 6.90. The van der Waals surface area contributed by atoms with Crippen LogP contribution in [0, 0.1) is 17.1 Å². The summed E-state index contributed by atoms with van der Waals surface area (Å²) in [7, 11) is 0. The van der Waals surface area contributed by atoms with Crippen LogP contribution >= 0.6 is 0 Å². The first kappa shape index (κ1) is 19.7. The summed E-state index contributed by atoms with van der Waals surface area (Å²) in [6.07, 6.45) is 2.98. The maximum absolute atomic E-state index is 14.7. The van der Waals surface area contributed by atoms with Gasteiger partial charge in [-0.2, -0.15) is 5.26 Å². The molecule has 8 heteroatoms. The largest absolute Gasteiger partial charge is 0.442 e. The molecule has 0 unspecified atom stereocenters. The van der Waals surface area contributed by atoms with Crippen molar-refractivity contribution in [1.29, 1.82) is 5.26 Å². The molecule has 1 aromatic carbocycles. The standard InChI is InChI=1S/C20H23FN4O3/c1-14(26)23-12-17-13-25(20(27)28-17)16-4-5-19(18(21)11-16)24-9-6-15(7-10-24)3-2-8-22/h3-5,11,17H,2,6-7,9-10,12-13H2,1H3,(H,23,26)/t17-/m0/s1. The molecule has 2 aliphatic heterocycles. The van der Waals surface area contributed by atoms with E-state index in [1.165, 1.54) is 23.5 Å². The number of anilines is 2. The lowest BCUT2D eigenvalue weighted by Gasteiger charge is -2.31. The van der Waals surface area contributed by atoms with Crippen molar-refractivity contribution in [2.45, 2.75) is 32.3 Å². The maximum Gasteiger partial charge on any atom is 0.414 e. The topological polar surface area (TPSA) is 85.7 Å². The van der Waals surface area contributed by atoms with Gasteiger partial charge in [-0.05, 0) is 31.0 Å². The molecule has 1 atom stereocenters. The summed E-state index contributed by atoms with van der Waals surface area (Å²) in [5, 5.41) is 11.3. The van der Waals surface area contributed by atoms with Crippen molar-refractivity contribution >= 4 is 23.4 Å². The van der Waals surface area contributed by atoms with Gasteiger partial charge in [0.05, 0.1) is 37.0 Å². The van der Waals surface area contributed by atoms with Gasteiger partial charge in [-0.1, -0.05) is 11.6 Å². The number of halogens is 1. The van der Waals surface area contributed by atoms with Crippen LogP contribution in [0.15, 0.2) is 29.8 Å². The summed E-state index contributed by atoms with van der Waals surface area (Å²) >= 11 is 0. The molecular weight excluding hydrogens is 363 g/mol. The number of benzene rings is 1. The second kappa shape index (κ2) is 8.74. The summed E-state index contributed by atoms with van der Waals surface area (Å²) in [4.78, 5) is 26.4. The van der Waals surface area contributed by atoms with Crippen LogP contribution in [0.5, 0.6) is 0 Å². The Kier molecular flexibility index (Phi) is 6.14. The van der Waals surface area contributed by atoms with E-state index < -0.39 is 12.2 Å². The summed E-state index contributed by atoms with van der Waals surface area (Å²) < 4.78 is 20.0. The molecule has 2 amide bonds. The first-order valence-electron chi connectivity index (χ1n) is 9.30. The molecule has 2 heterocycles. The predicted molar refractivity (Wildman–Crippen MR) is 102 cm³/mol. The summed E-state index contributed by atoms with van der Waals surface area (Å²) in [5.74, 6) is -0.586. The van der Waals surface area contributed by atoms with Crippen LogP contribution in [-0.2, 0) is 9.53 Å². The molecule has 0 saturated carbocycles. The van der Waals surface area contributed by atoms with Crippen LogP contribution in [0.25, 0.3) is 0 Å². The Balaban J connectivity index is 1.64. The highest BCUT2D eigenvalue weighted by Gasteiger charge is 2.33. The minimum Gasteiger partial charge on any atom is -0.442 e. The Morgan fingerprint density at radius 2 is 2.18 bits per heavy atom. The number of amides is 2. The molecule has 0 aromatic heterocycles. The van der Waals surface area contributed by atoms with E-state index in [1.807, 2.05) is 11.0 Å². The molecule has 148 valence electrons. The van der Waals surface area contributed by atoms with Gasteiger partial charge in [-0.25, -0.2) is 9.18 Å². The molecule has 0 spiro atoms. The van der Waals surface area contributed by atoms with Crippen LogP contribution in [0.1, 0.15) is 26.2 Å². The summed E-state index contributed by atoms with van der Waals surface area (Å²) in [6.45, 7) is 3.27. The third-order valence-corrected chi connectivity index (χ3v) is 4.92. The second-order valence-corrected chi connectivity index (χ2v) is 6.90. The van der Waals surface area contributed by atoms with E-state index in [4.69, 9.17) is 10.00 Å². The number of rotatable bonds is 5. The number of nitriles is 1. The van der Waals surface area contributed by atoms with Gasteiger partial charge in [-0.3, -0.25) is 9.69 Å². The highest BCUT2D eigenvalue weighted by Crippen LogP contribution is 2.30. The molecular formula is C20H23FN4O3. The number of nitrogens with zero attached hydrogens (tertiary/aromatic N) is 3. The lowest BCUT2D eigenvalue weighted by atomic mass is 10.0. The van der Waals surface area contributed by atoms with Crippen molar-refractivity contribution < 1.29 is 18.7 Å². The van der Waals surface area contributed by atoms with E-state index in [9.17, 15) is 14.0 Å². The average molecular weight is 386 g/mol. The molecule has 2 saturated heterocycles. The number of cyclic esters (lactones) is 1. The average Bonchev–Trinajstić information content (AvgIpc) is 3.06. The minimum absolute atomic E-state index is 0.197. The number of nitrogens with one attached hydrogen (secondary N) is 1. The van der Waals surface area contributed by atoms with Crippen LogP contribution in [0.3, 0.4) is 0 Å². The first-order chi connectivity index (χ1) is 13.5. The SMILES string of the molecule is CC(=O)NC[C@H]1CN(c2ccc(N3CCC(=CCC#N)CC3)c(F)c2)C(=O)O1. The Morgan fingerprint density at radius 1 is 1.43 bits per heavy atom. The normalized spacial score (nSPS) is 19.2. The van der Waals surface area contributed by atoms with Crippen LogP contribution in [-0.4, -0.2) is 44.3 Å². The lowest BCUT2D eigenvalue weighted by Crippen LogP contribution is -2.33. The van der Waals surface area contributed by atoms with E-state index in [1.54, 1.807) is 12.1 Å². The zero-order chi connectivity index (χ0) is 20.1. The molecule has 3 rings (SSSR count). The van der Waals surface area contributed by atoms with E-state index in [2.05, 4.69) is 11.4 Å². The lowest BCUT2D eigenvalue weighted by molar-refractivity contribution is -0.119. The van der Waals surface area contributed by atoms with E-state index in [0.29, 0.717) is 30.9 Å². The van der Waals surface area contributed by atoms with Crippen molar-refractivity contribution in [2.24, 2.45) is 0 Å². The Bertz CT molecular complexity index is 823. The highest BCUT2D eigenvalue weighted by atomic mass is 19.1. The molecule has 0 radical (unpaired) electrons. The zero-order valence-corrected chi connectivity index (χ0v) is 15.8. The van der Waals surface area contributed by atoms with E-state index in [0.717, 1.165) is 12.8 Å². The monoisotopic (exact) mass is 386 g/mol. The fourth-order valence-corrected chi connectivity index (χ4v) is 3.45. The van der Waals surface area contributed by atoms with Gasteiger partial charge in [0.2, 0.25) is 5.91 Å². The fraction of sp³-hybridized carbons (Fsp3) is 0.450. The third-order valence-electron chi connectivity index (χ3n) is 4.92. The van der Waals surface area contributed by atoms with Crippen LogP contribution < -0.4 is 15.1 Å². The van der Waals surface area contributed by atoms with Crippen molar-refractivity contribution in [3.05, 3.63) is 35.7 Å². The van der Waals surface area contributed by atoms with Crippen molar-refractivity contribution in [3.8, 4) is 6.07 Å². The Morgan fingerprint density at radius 3 is 2.82 bits per heavy atom. The van der Waals surface area contributed by atoms with Crippen LogP contribution in [0.2, 0.25) is 0 Å². The number of carbonyl (C=O) groups is 2. The maximum atomic E-state index is 14.7. The van der Waals surface area contributed by atoms with Gasteiger partial charge in [0.25, 0.3) is 0 Å². The molecule has 1 N–H and O–H groups in total. The summed E-state index contributed by atoms with van der Waals surface area (Å²) in [6, 6.07) is 6.85. The predicted octanol–water partition coefficient (Wildman–Crippen LogP) is 2.73. The number of hydrogen-bond donors (Lipinski definition) is 1. The highest BCUT2D eigenvalue weighted by molar-refractivity contribution is 5.90. The van der Waals surface area contributed by atoms with Crippen molar-refractivity contribution in [2.75, 3.05) is 36.0 Å². The van der Waals surface area contributed by atoms with Gasteiger partial charge < -0.3 is 15.0 Å². The number of carbonyl (C=O) groups excluding carboxylic acids is 2. The van der Waals surface area contributed by atoms with E-state index >= 15 is 0 Å². The Labute approximate surface area is 163 Å². The molecule has 2 aliphatic rings. The van der Waals surface area contributed by atoms with Gasteiger partial charge in [-0.15, -0.1) is 0 Å². The van der Waals surface area contributed by atoms with Gasteiger partial charge in [0.1, 0.15) is 11.9 Å². The van der Waals surface area contributed by atoms with E-state index in [-0.39, 0.29) is 24.8 Å².